The topological polar surface area (TPSA) is 73.8 Å². The third-order valence-electron chi connectivity index (χ3n) is 5.01. The van der Waals surface area contributed by atoms with Gasteiger partial charge in [-0.2, -0.15) is 17.5 Å². The van der Waals surface area contributed by atoms with Crippen LogP contribution in [0.15, 0.2) is 29.3 Å². The van der Waals surface area contributed by atoms with Crippen molar-refractivity contribution in [3.8, 4) is 0 Å². The van der Waals surface area contributed by atoms with Crippen molar-refractivity contribution in [3.63, 3.8) is 0 Å². The number of piperidine rings is 1. The molecule has 0 amide bonds. The lowest BCUT2D eigenvalue weighted by Gasteiger charge is -2.32. The lowest BCUT2D eigenvalue weighted by molar-refractivity contribution is -0.0494. The minimum Gasteiger partial charge on any atom is -0.357 e. The van der Waals surface area contributed by atoms with Gasteiger partial charge in [-0.1, -0.05) is 45.0 Å². The number of alkyl halides is 3. The second kappa shape index (κ2) is 11.2. The molecule has 0 bridgehead atoms. The van der Waals surface area contributed by atoms with E-state index in [2.05, 4.69) is 48.5 Å². The fourth-order valence-electron chi connectivity index (χ4n) is 3.18. The summed E-state index contributed by atoms with van der Waals surface area (Å²) in [4.78, 5) is 4.56. The summed E-state index contributed by atoms with van der Waals surface area (Å²) in [5.74, 6) is 0.564. The maximum Gasteiger partial charge on any atom is 0.511 e. The van der Waals surface area contributed by atoms with E-state index in [-0.39, 0.29) is 61.4 Å². The van der Waals surface area contributed by atoms with Crippen LogP contribution in [0, 0.1) is 0 Å². The first-order valence-corrected chi connectivity index (χ1v) is 11.5. The minimum absolute atomic E-state index is 0. The highest BCUT2D eigenvalue weighted by atomic mass is 127. The van der Waals surface area contributed by atoms with E-state index < -0.39 is 15.5 Å². The molecule has 0 aromatic heterocycles. The van der Waals surface area contributed by atoms with Crippen LogP contribution in [0.5, 0.6) is 0 Å². The van der Waals surface area contributed by atoms with E-state index >= 15 is 0 Å². The van der Waals surface area contributed by atoms with E-state index in [1.54, 1.807) is 0 Å². The predicted molar refractivity (Wildman–Crippen MR) is 128 cm³/mol. The number of benzene rings is 1. The lowest BCUT2D eigenvalue weighted by Crippen LogP contribution is -2.51. The van der Waals surface area contributed by atoms with E-state index in [1.165, 1.54) is 5.56 Å². The van der Waals surface area contributed by atoms with Gasteiger partial charge in [0.25, 0.3) is 0 Å². The minimum atomic E-state index is -5.26. The van der Waals surface area contributed by atoms with Gasteiger partial charge in [0.15, 0.2) is 5.96 Å². The molecule has 0 aliphatic carbocycles. The Balaban J connectivity index is 0.00000480. The van der Waals surface area contributed by atoms with Crippen LogP contribution in [0.25, 0.3) is 0 Å². The van der Waals surface area contributed by atoms with Gasteiger partial charge in [0.2, 0.25) is 0 Å². The number of guanidine groups is 1. The van der Waals surface area contributed by atoms with Crippen molar-refractivity contribution in [2.24, 2.45) is 4.99 Å². The average Bonchev–Trinajstić information content (AvgIpc) is 2.65. The number of aliphatic imine (C=N–C) groups is 1. The zero-order valence-corrected chi connectivity index (χ0v) is 21.4. The highest BCUT2D eigenvalue weighted by Gasteiger charge is 2.50. The van der Waals surface area contributed by atoms with Crippen LogP contribution in [-0.2, 0) is 22.0 Å². The molecular formula is C20H32F3IN4O2S. The molecule has 0 saturated carbocycles. The molecule has 2 rings (SSSR count). The molecule has 1 aliphatic heterocycles. The molecule has 0 radical (unpaired) electrons. The number of rotatable bonds is 5. The maximum atomic E-state index is 12.7. The number of halogens is 4. The maximum absolute atomic E-state index is 12.7. The van der Waals surface area contributed by atoms with Gasteiger partial charge >= 0.3 is 15.5 Å². The Labute approximate surface area is 200 Å². The molecular weight excluding hydrogens is 544 g/mol. The van der Waals surface area contributed by atoms with Gasteiger partial charge < -0.3 is 10.6 Å². The van der Waals surface area contributed by atoms with Crippen molar-refractivity contribution in [3.05, 3.63) is 35.4 Å². The van der Waals surface area contributed by atoms with Gasteiger partial charge in [-0.05, 0) is 36.3 Å². The summed E-state index contributed by atoms with van der Waals surface area (Å²) in [6.07, 6.45) is 0.556. The second-order valence-corrected chi connectivity index (χ2v) is 10.3. The summed E-state index contributed by atoms with van der Waals surface area (Å²) in [6, 6.07) is 8.09. The molecule has 1 aromatic rings. The van der Waals surface area contributed by atoms with Crippen LogP contribution < -0.4 is 10.6 Å². The molecule has 1 aliphatic rings. The van der Waals surface area contributed by atoms with Crippen LogP contribution in [0.3, 0.4) is 0 Å². The monoisotopic (exact) mass is 576 g/mol. The fourth-order valence-corrected chi connectivity index (χ4v) is 4.17. The summed E-state index contributed by atoms with van der Waals surface area (Å²) in [5, 5.41) is 6.34. The third-order valence-corrected chi connectivity index (χ3v) is 6.64. The van der Waals surface area contributed by atoms with Crippen molar-refractivity contribution in [1.82, 2.24) is 14.9 Å². The normalized spacial score (nSPS) is 17.2. The molecule has 31 heavy (non-hydrogen) atoms. The van der Waals surface area contributed by atoms with Crippen molar-refractivity contribution in [2.45, 2.75) is 64.0 Å². The molecule has 1 heterocycles. The summed E-state index contributed by atoms with van der Waals surface area (Å²) in [5.41, 5.74) is -2.90. The van der Waals surface area contributed by atoms with Gasteiger partial charge in [0.05, 0.1) is 6.54 Å². The summed E-state index contributed by atoms with van der Waals surface area (Å²) >= 11 is 0. The van der Waals surface area contributed by atoms with E-state index in [4.69, 9.17) is 0 Å². The Morgan fingerprint density at radius 2 is 1.68 bits per heavy atom. The van der Waals surface area contributed by atoms with Crippen LogP contribution in [-0.4, -0.2) is 49.9 Å². The Hall–Kier alpha value is -1.08. The molecule has 178 valence electrons. The smallest absolute Gasteiger partial charge is 0.357 e. The Kier molecular flexibility index (Phi) is 10.1. The largest absolute Gasteiger partial charge is 0.511 e. The zero-order chi connectivity index (χ0) is 22.6. The summed E-state index contributed by atoms with van der Waals surface area (Å²) in [7, 11) is -5.26. The number of hydrogen-bond donors (Lipinski definition) is 2. The fraction of sp³-hybridized carbons (Fsp3) is 0.650. The summed E-state index contributed by atoms with van der Waals surface area (Å²) in [6.45, 7) is 9.13. The van der Waals surface area contributed by atoms with Gasteiger partial charge in [-0.25, -0.2) is 13.4 Å². The molecule has 6 nitrogen and oxygen atoms in total. The van der Waals surface area contributed by atoms with Gasteiger partial charge in [0, 0.05) is 25.7 Å². The number of nitrogens with zero attached hydrogens (tertiary/aromatic N) is 2. The van der Waals surface area contributed by atoms with Crippen molar-refractivity contribution in [2.75, 3.05) is 19.6 Å². The molecule has 1 fully saturated rings. The van der Waals surface area contributed by atoms with E-state index in [0.717, 1.165) is 5.56 Å². The third kappa shape index (κ3) is 7.77. The molecule has 11 heteroatoms. The quantitative estimate of drug-likeness (QED) is 0.316. The second-order valence-electron chi connectivity index (χ2n) is 8.41. The van der Waals surface area contributed by atoms with Gasteiger partial charge in [0.1, 0.15) is 0 Å². The first-order chi connectivity index (χ1) is 13.8. The lowest BCUT2D eigenvalue weighted by atomic mass is 9.87. The first-order valence-electron chi connectivity index (χ1n) is 10.1. The van der Waals surface area contributed by atoms with Crippen molar-refractivity contribution < 1.29 is 21.6 Å². The molecule has 2 N–H and O–H groups in total. The predicted octanol–water partition coefficient (Wildman–Crippen LogP) is 3.97. The van der Waals surface area contributed by atoms with E-state index in [1.807, 2.05) is 19.1 Å². The molecule has 0 atom stereocenters. The van der Waals surface area contributed by atoms with Gasteiger partial charge in [-0.3, -0.25) is 0 Å². The number of hydrogen-bond acceptors (Lipinski definition) is 3. The highest BCUT2D eigenvalue weighted by molar-refractivity contribution is 14.0. The molecule has 0 unspecified atom stereocenters. The molecule has 0 spiro atoms. The van der Waals surface area contributed by atoms with Crippen LogP contribution >= 0.6 is 24.0 Å². The Bertz CT molecular complexity index is 829. The average molecular weight is 576 g/mol. The first kappa shape index (κ1) is 28.0. The number of nitrogens with one attached hydrogen (secondary N) is 2. The van der Waals surface area contributed by atoms with Crippen LogP contribution in [0.1, 0.15) is 51.7 Å². The highest BCUT2D eigenvalue weighted by Crippen LogP contribution is 2.29. The Morgan fingerprint density at radius 3 is 2.13 bits per heavy atom. The standard InChI is InChI=1S/C20H31F3N4O2S.HI/c1-5-24-18(25-14-15-6-8-16(9-7-15)19(2,3)4)26-17-10-12-27(13-11-17)30(28,29)20(21,22)23;/h6-9,17H,5,10-14H2,1-4H3,(H2,24,25,26);1H. The van der Waals surface area contributed by atoms with E-state index in [9.17, 15) is 21.6 Å². The van der Waals surface area contributed by atoms with Gasteiger partial charge in [-0.15, -0.1) is 24.0 Å². The summed E-state index contributed by atoms with van der Waals surface area (Å²) < 4.78 is 61.7. The SMILES string of the molecule is CCNC(=NCc1ccc(C(C)(C)C)cc1)NC1CCN(S(=O)(=O)C(F)(F)F)CC1.I. The van der Waals surface area contributed by atoms with Crippen molar-refractivity contribution in [1.29, 1.82) is 0 Å². The van der Waals surface area contributed by atoms with Crippen LogP contribution in [0.4, 0.5) is 13.2 Å². The van der Waals surface area contributed by atoms with E-state index in [0.29, 0.717) is 23.4 Å². The molecule has 1 aromatic carbocycles. The van der Waals surface area contributed by atoms with Crippen LogP contribution in [0.2, 0.25) is 0 Å². The van der Waals surface area contributed by atoms with Crippen molar-refractivity contribution >= 4 is 40.0 Å². The Morgan fingerprint density at radius 1 is 1.13 bits per heavy atom. The zero-order valence-electron chi connectivity index (χ0n) is 18.3. The molecule has 1 saturated heterocycles. The number of sulfonamides is 1.